The van der Waals surface area contributed by atoms with Gasteiger partial charge >= 0.3 is 5.69 Å². The Morgan fingerprint density at radius 2 is 2.14 bits per heavy atom. The fourth-order valence-electron chi connectivity index (χ4n) is 2.26. The van der Waals surface area contributed by atoms with Gasteiger partial charge in [0.05, 0.1) is 12.5 Å². The van der Waals surface area contributed by atoms with Crippen molar-refractivity contribution in [2.75, 3.05) is 12.5 Å². The van der Waals surface area contributed by atoms with Gasteiger partial charge in [0.2, 0.25) is 5.72 Å². The molecule has 0 aliphatic carbocycles. The Kier molecular flexibility index (Phi) is 3.97. The molecule has 8 nitrogen and oxygen atoms in total. The Labute approximate surface area is 123 Å². The van der Waals surface area contributed by atoms with Crippen molar-refractivity contribution in [3.05, 3.63) is 33.1 Å². The molecule has 1 fully saturated rings. The number of ether oxygens (including phenoxy) is 1. The van der Waals surface area contributed by atoms with E-state index >= 15 is 0 Å². The summed E-state index contributed by atoms with van der Waals surface area (Å²) in [6, 6.07) is 1.00. The molecule has 4 N–H and O–H groups in total. The number of alkyl halides is 1. The second-order valence-electron chi connectivity index (χ2n) is 4.67. The summed E-state index contributed by atoms with van der Waals surface area (Å²) in [6.45, 7) is -0.726. The van der Waals surface area contributed by atoms with Crippen molar-refractivity contribution in [2.24, 2.45) is 0 Å². The molecule has 0 bridgehead atoms. The smallest absolute Gasteiger partial charge is 0.331 e. The maximum Gasteiger partial charge on any atom is 0.331 e. The van der Waals surface area contributed by atoms with E-state index < -0.39 is 41.4 Å². The lowest BCUT2D eigenvalue weighted by molar-refractivity contribution is -0.150. The van der Waals surface area contributed by atoms with Crippen LogP contribution < -0.4 is 11.2 Å². The minimum Gasteiger partial charge on any atom is -0.393 e. The Balaban J connectivity index is 2.66. The van der Waals surface area contributed by atoms with Gasteiger partial charge < -0.3 is 20.1 Å². The molecule has 2 rings (SSSR count). The highest BCUT2D eigenvalue weighted by Gasteiger charge is 2.62. The van der Waals surface area contributed by atoms with E-state index in [1.54, 1.807) is 0 Å². The van der Waals surface area contributed by atoms with Crippen LogP contribution in [0.3, 0.4) is 0 Å². The molecule has 21 heavy (non-hydrogen) atoms. The maximum atomic E-state index is 11.9. The number of aliphatic hydroxyl groups is 3. The zero-order valence-corrected chi connectivity index (χ0v) is 11.4. The molecule has 1 aliphatic heterocycles. The molecule has 1 saturated heterocycles. The van der Waals surface area contributed by atoms with Crippen molar-refractivity contribution in [1.29, 1.82) is 0 Å². The number of terminal acetylenes is 1. The van der Waals surface area contributed by atoms with Crippen LogP contribution >= 0.6 is 11.6 Å². The summed E-state index contributed by atoms with van der Waals surface area (Å²) >= 11 is 5.69. The molecule has 9 heteroatoms. The molecule has 2 heterocycles. The molecule has 0 saturated carbocycles. The summed E-state index contributed by atoms with van der Waals surface area (Å²) in [6.07, 6.45) is 3.03. The van der Waals surface area contributed by atoms with Crippen molar-refractivity contribution in [2.45, 2.75) is 23.5 Å². The second kappa shape index (κ2) is 5.29. The third-order valence-electron chi connectivity index (χ3n) is 3.48. The van der Waals surface area contributed by atoms with Crippen LogP contribution in [0.2, 0.25) is 0 Å². The molecular weight excluding hydrogens is 304 g/mol. The SMILES string of the molecule is C#CC1(n2ccc(=O)[nH]c2=O)O[C@@](CO)(CCl)[C@@H](O)[C@H]1O. The third kappa shape index (κ3) is 2.10. The van der Waals surface area contributed by atoms with Crippen molar-refractivity contribution >= 4 is 11.6 Å². The Bertz CT molecular complexity index is 688. The van der Waals surface area contributed by atoms with Crippen LogP contribution in [-0.2, 0) is 10.5 Å². The predicted molar refractivity (Wildman–Crippen MR) is 71.8 cm³/mol. The van der Waals surface area contributed by atoms with Gasteiger partial charge in [-0.25, -0.2) is 4.79 Å². The maximum absolute atomic E-state index is 11.9. The van der Waals surface area contributed by atoms with Gasteiger partial charge in [-0.2, -0.15) is 0 Å². The molecule has 0 aromatic carbocycles. The van der Waals surface area contributed by atoms with Crippen molar-refractivity contribution < 1.29 is 20.1 Å². The molecule has 1 aliphatic rings. The highest BCUT2D eigenvalue weighted by Crippen LogP contribution is 2.41. The fourth-order valence-corrected chi connectivity index (χ4v) is 2.56. The summed E-state index contributed by atoms with van der Waals surface area (Å²) < 4.78 is 6.19. The molecule has 4 atom stereocenters. The first-order valence-electron chi connectivity index (χ1n) is 5.90. The molecule has 0 radical (unpaired) electrons. The number of aliphatic hydroxyl groups excluding tert-OH is 3. The number of aromatic amines is 1. The van der Waals surface area contributed by atoms with Crippen molar-refractivity contribution in [3.63, 3.8) is 0 Å². The predicted octanol–water partition coefficient (Wildman–Crippen LogP) is -2.46. The molecular formula is C12H13ClN2O6. The van der Waals surface area contributed by atoms with E-state index in [1.165, 1.54) is 0 Å². The van der Waals surface area contributed by atoms with Crippen LogP contribution in [0.1, 0.15) is 0 Å². The van der Waals surface area contributed by atoms with Gasteiger partial charge in [0.25, 0.3) is 5.56 Å². The van der Waals surface area contributed by atoms with Crippen LogP contribution in [0.5, 0.6) is 0 Å². The van der Waals surface area contributed by atoms with Gasteiger partial charge in [-0.3, -0.25) is 14.3 Å². The average Bonchev–Trinajstić information content (AvgIpc) is 2.70. The Hall–Kier alpha value is -1.63. The number of halogens is 1. The molecule has 0 amide bonds. The molecule has 1 aromatic rings. The van der Waals surface area contributed by atoms with Crippen LogP contribution in [0, 0.1) is 12.3 Å². The molecule has 0 spiro atoms. The van der Waals surface area contributed by atoms with Gasteiger partial charge in [-0.1, -0.05) is 0 Å². The minimum atomic E-state index is -2.10. The lowest BCUT2D eigenvalue weighted by atomic mass is 9.95. The number of hydrogen-bond acceptors (Lipinski definition) is 6. The van der Waals surface area contributed by atoms with E-state index in [2.05, 4.69) is 5.92 Å². The minimum absolute atomic E-state index is 0.372. The highest BCUT2D eigenvalue weighted by molar-refractivity contribution is 6.18. The second-order valence-corrected chi connectivity index (χ2v) is 4.94. The van der Waals surface area contributed by atoms with Crippen molar-refractivity contribution in [1.82, 2.24) is 9.55 Å². The highest BCUT2D eigenvalue weighted by atomic mass is 35.5. The number of rotatable bonds is 3. The normalized spacial score (nSPS) is 35.6. The van der Waals surface area contributed by atoms with E-state index in [4.69, 9.17) is 22.8 Å². The topological polar surface area (TPSA) is 125 Å². The van der Waals surface area contributed by atoms with Gasteiger partial charge in [0.15, 0.2) is 0 Å². The van der Waals surface area contributed by atoms with Crippen LogP contribution in [0.15, 0.2) is 21.9 Å². The monoisotopic (exact) mass is 316 g/mol. The molecule has 114 valence electrons. The average molecular weight is 317 g/mol. The summed E-state index contributed by atoms with van der Waals surface area (Å²) in [5, 5.41) is 29.7. The Morgan fingerprint density at radius 1 is 1.48 bits per heavy atom. The molecule has 1 aromatic heterocycles. The Morgan fingerprint density at radius 3 is 2.57 bits per heavy atom. The zero-order chi connectivity index (χ0) is 15.8. The first-order valence-corrected chi connectivity index (χ1v) is 6.43. The van der Waals surface area contributed by atoms with E-state index in [-0.39, 0.29) is 5.88 Å². The van der Waals surface area contributed by atoms with Gasteiger partial charge in [-0.05, 0) is 5.92 Å². The number of nitrogens with zero attached hydrogens (tertiary/aromatic N) is 1. The lowest BCUT2D eigenvalue weighted by Crippen LogP contribution is -2.50. The molecule has 1 unspecified atom stereocenters. The first kappa shape index (κ1) is 15.8. The van der Waals surface area contributed by atoms with E-state index in [1.807, 2.05) is 4.98 Å². The third-order valence-corrected chi connectivity index (χ3v) is 3.93. The van der Waals surface area contributed by atoms with Gasteiger partial charge in [0, 0.05) is 12.3 Å². The summed E-state index contributed by atoms with van der Waals surface area (Å²) in [5.74, 6) is 1.72. The number of nitrogens with one attached hydrogen (secondary N) is 1. The number of hydrogen-bond donors (Lipinski definition) is 4. The van der Waals surface area contributed by atoms with Crippen molar-refractivity contribution in [3.8, 4) is 12.3 Å². The van der Waals surface area contributed by atoms with Crippen LogP contribution in [0.4, 0.5) is 0 Å². The summed E-state index contributed by atoms with van der Waals surface area (Å²) in [7, 11) is 0. The van der Waals surface area contributed by atoms with Crippen LogP contribution in [-0.4, -0.2) is 55.2 Å². The zero-order valence-electron chi connectivity index (χ0n) is 10.7. The van der Waals surface area contributed by atoms with Crippen LogP contribution in [0.25, 0.3) is 0 Å². The lowest BCUT2D eigenvalue weighted by Gasteiger charge is -2.30. The number of aromatic nitrogens is 2. The summed E-state index contributed by atoms with van der Waals surface area (Å²) in [4.78, 5) is 24.9. The standard InChI is InChI=1S/C12H13ClN2O6/c1-2-12(15-4-3-7(17)14-10(15)20)9(19)8(18)11(5-13,6-16)21-12/h1,3-4,8-9,16,18-19H,5-6H2,(H,14,17,20)/t8-,9+,11+,12?/m0/s1. The van der Waals surface area contributed by atoms with Gasteiger partial charge in [-0.15, -0.1) is 18.0 Å². The quantitative estimate of drug-likeness (QED) is 0.362. The van der Waals surface area contributed by atoms with Gasteiger partial charge in [0.1, 0.15) is 17.8 Å². The van der Waals surface area contributed by atoms with E-state index in [0.717, 1.165) is 16.8 Å². The summed E-state index contributed by atoms with van der Waals surface area (Å²) in [5.41, 5.74) is -5.43. The number of H-pyrrole nitrogens is 1. The first-order chi connectivity index (χ1) is 9.86. The van der Waals surface area contributed by atoms with E-state index in [0.29, 0.717) is 0 Å². The van der Waals surface area contributed by atoms with E-state index in [9.17, 15) is 24.9 Å². The fraction of sp³-hybridized carbons (Fsp3) is 0.500. The largest absolute Gasteiger partial charge is 0.393 e.